The zero-order valence-corrected chi connectivity index (χ0v) is 23.7. The topological polar surface area (TPSA) is 142 Å². The molecule has 1 heterocycles. The van der Waals surface area contributed by atoms with Crippen LogP contribution >= 0.6 is 23.5 Å². The minimum absolute atomic E-state index is 0.000589. The van der Waals surface area contributed by atoms with E-state index < -0.39 is 55.5 Å². The molecule has 1 fully saturated rings. The van der Waals surface area contributed by atoms with Crippen LogP contribution in [0.5, 0.6) is 5.75 Å². The van der Waals surface area contributed by atoms with Gasteiger partial charge in [0.2, 0.25) is 21.0 Å². The molecule has 1 saturated heterocycles. The van der Waals surface area contributed by atoms with E-state index in [1.807, 2.05) is 6.92 Å². The van der Waals surface area contributed by atoms with E-state index in [1.165, 1.54) is 57.0 Å². The number of hydrogen-bond donors (Lipinski definition) is 2. The Morgan fingerprint density at radius 1 is 1.19 bits per heavy atom. The van der Waals surface area contributed by atoms with Gasteiger partial charge in [-0.3, -0.25) is 14.5 Å². The standard InChI is InChI=1S/C23H32N2O8S3/c1-8-34-19-16(13(2)26)18(27)25(19)17(20(28)29)21(35-22(30)23(3,4)5)33-14-9-11-15(12-10-14)36(31,32)24(6)7/h9-13,16,19,26H,8H2,1-7H3,(H,28,29)/t13-,16+,19-/m1/s1. The third-order valence-electron chi connectivity index (χ3n) is 5.19. The molecule has 200 valence electrons. The molecule has 0 unspecified atom stereocenters. The number of amides is 1. The van der Waals surface area contributed by atoms with E-state index in [-0.39, 0.29) is 15.7 Å². The first-order valence-corrected chi connectivity index (χ1v) is 14.4. The molecule has 0 radical (unpaired) electrons. The number of carboxylic acids is 1. The maximum absolute atomic E-state index is 12.9. The van der Waals surface area contributed by atoms with Crippen molar-refractivity contribution in [3.05, 3.63) is 35.1 Å². The summed E-state index contributed by atoms with van der Waals surface area (Å²) in [6.07, 6.45) is -0.993. The molecule has 2 rings (SSSR count). The summed E-state index contributed by atoms with van der Waals surface area (Å²) in [6, 6.07) is 5.28. The van der Waals surface area contributed by atoms with Crippen molar-refractivity contribution in [3.63, 3.8) is 0 Å². The molecule has 10 nitrogen and oxygen atoms in total. The quantitative estimate of drug-likeness (QED) is 0.249. The van der Waals surface area contributed by atoms with Crippen molar-refractivity contribution in [1.82, 2.24) is 9.21 Å². The van der Waals surface area contributed by atoms with Crippen molar-refractivity contribution in [1.29, 1.82) is 0 Å². The van der Waals surface area contributed by atoms with Crippen molar-refractivity contribution in [2.24, 2.45) is 11.3 Å². The molecular weight excluding hydrogens is 528 g/mol. The molecule has 1 aliphatic heterocycles. The number of hydrogen-bond acceptors (Lipinski definition) is 9. The number of thioether (sulfide) groups is 2. The lowest BCUT2D eigenvalue weighted by molar-refractivity contribution is -0.157. The van der Waals surface area contributed by atoms with E-state index >= 15 is 0 Å². The normalized spacial score (nSPS) is 20.0. The van der Waals surface area contributed by atoms with Gasteiger partial charge in [0.25, 0.3) is 0 Å². The molecule has 3 atom stereocenters. The number of carboxylic acid groups (broad SMARTS) is 1. The van der Waals surface area contributed by atoms with Gasteiger partial charge in [0.05, 0.1) is 22.3 Å². The third-order valence-corrected chi connectivity index (χ3v) is 9.46. The highest BCUT2D eigenvalue weighted by Gasteiger charge is 2.54. The van der Waals surface area contributed by atoms with Gasteiger partial charge < -0.3 is 14.9 Å². The predicted molar refractivity (Wildman–Crippen MR) is 139 cm³/mol. The number of sulfonamides is 1. The van der Waals surface area contributed by atoms with Crippen LogP contribution in [-0.2, 0) is 24.4 Å². The van der Waals surface area contributed by atoms with Crippen molar-refractivity contribution >= 4 is 50.5 Å². The van der Waals surface area contributed by atoms with Gasteiger partial charge >= 0.3 is 5.97 Å². The predicted octanol–water partition coefficient (Wildman–Crippen LogP) is 2.79. The Morgan fingerprint density at radius 3 is 2.17 bits per heavy atom. The number of aliphatic hydroxyl groups excluding tert-OH is 1. The first-order valence-electron chi connectivity index (χ1n) is 11.1. The fourth-order valence-electron chi connectivity index (χ4n) is 3.16. The number of aliphatic hydroxyl groups is 1. The number of aliphatic carboxylic acids is 1. The van der Waals surface area contributed by atoms with Crippen LogP contribution in [-0.4, -0.2) is 76.2 Å². The number of ether oxygens (including phenoxy) is 1. The number of carbonyl (C=O) groups excluding carboxylic acids is 2. The van der Waals surface area contributed by atoms with Gasteiger partial charge in [-0.15, -0.1) is 11.8 Å². The van der Waals surface area contributed by atoms with Gasteiger partial charge in [-0.2, -0.15) is 0 Å². The van der Waals surface area contributed by atoms with Crippen LogP contribution in [0.4, 0.5) is 0 Å². The highest BCUT2D eigenvalue weighted by Crippen LogP contribution is 2.43. The van der Waals surface area contributed by atoms with Crippen LogP contribution in [0, 0.1) is 11.3 Å². The minimum Gasteiger partial charge on any atom is -0.476 e. The minimum atomic E-state index is -3.70. The lowest BCUT2D eigenvalue weighted by Crippen LogP contribution is -2.63. The maximum Gasteiger partial charge on any atom is 0.357 e. The van der Waals surface area contributed by atoms with Gasteiger partial charge in [0.15, 0.2) is 10.8 Å². The Morgan fingerprint density at radius 2 is 1.75 bits per heavy atom. The number of benzene rings is 1. The Labute approximate surface area is 220 Å². The Bertz CT molecular complexity index is 1140. The zero-order chi connectivity index (χ0) is 27.6. The summed E-state index contributed by atoms with van der Waals surface area (Å²) >= 11 is 1.85. The number of β-lactam (4-membered cyclic amide) rings is 1. The number of rotatable bonds is 10. The molecule has 1 aliphatic rings. The highest BCUT2D eigenvalue weighted by molar-refractivity contribution is 8.16. The van der Waals surface area contributed by atoms with E-state index in [4.69, 9.17) is 4.74 Å². The summed E-state index contributed by atoms with van der Waals surface area (Å²) in [4.78, 5) is 39.2. The van der Waals surface area contributed by atoms with Gasteiger partial charge in [0.1, 0.15) is 5.75 Å². The van der Waals surface area contributed by atoms with Gasteiger partial charge in [-0.25, -0.2) is 17.5 Å². The number of nitrogens with zero attached hydrogens (tertiary/aromatic N) is 2. The smallest absolute Gasteiger partial charge is 0.357 e. The van der Waals surface area contributed by atoms with Crippen LogP contribution in [0.15, 0.2) is 39.9 Å². The monoisotopic (exact) mass is 560 g/mol. The highest BCUT2D eigenvalue weighted by atomic mass is 32.2. The maximum atomic E-state index is 12.9. The number of carbonyl (C=O) groups is 3. The van der Waals surface area contributed by atoms with Crippen molar-refractivity contribution in [2.45, 2.75) is 51.0 Å². The molecule has 2 N–H and O–H groups in total. The molecule has 0 bridgehead atoms. The lowest BCUT2D eigenvalue weighted by Gasteiger charge is -2.47. The van der Waals surface area contributed by atoms with Crippen molar-refractivity contribution in [2.75, 3.05) is 19.8 Å². The summed E-state index contributed by atoms with van der Waals surface area (Å²) in [6.45, 7) is 8.29. The average Bonchev–Trinajstić information content (AvgIpc) is 2.75. The fourth-order valence-corrected chi connectivity index (χ4v) is 6.21. The summed E-state index contributed by atoms with van der Waals surface area (Å²) in [5.41, 5.74) is -1.37. The molecule has 36 heavy (non-hydrogen) atoms. The van der Waals surface area contributed by atoms with Crippen molar-refractivity contribution in [3.8, 4) is 5.75 Å². The van der Waals surface area contributed by atoms with E-state index in [1.54, 1.807) is 20.8 Å². The second-order valence-corrected chi connectivity index (χ2v) is 13.8. The van der Waals surface area contributed by atoms with Gasteiger partial charge in [0, 0.05) is 19.5 Å². The van der Waals surface area contributed by atoms with E-state index in [9.17, 15) is 33.0 Å². The largest absolute Gasteiger partial charge is 0.476 e. The lowest BCUT2D eigenvalue weighted by atomic mass is 9.92. The van der Waals surface area contributed by atoms with E-state index in [2.05, 4.69) is 0 Å². The summed E-state index contributed by atoms with van der Waals surface area (Å²) in [7, 11) is -0.915. The van der Waals surface area contributed by atoms with Crippen molar-refractivity contribution < 1.29 is 37.8 Å². The Balaban J connectivity index is 2.60. The molecule has 0 spiro atoms. The molecule has 0 aliphatic carbocycles. The second-order valence-electron chi connectivity index (χ2n) is 9.26. The molecular formula is C23H32N2O8S3. The first-order chi connectivity index (χ1) is 16.5. The second kappa shape index (κ2) is 11.5. The van der Waals surface area contributed by atoms with Crippen LogP contribution in [0.2, 0.25) is 0 Å². The average molecular weight is 561 g/mol. The fraction of sp³-hybridized carbons (Fsp3) is 0.522. The summed E-state index contributed by atoms with van der Waals surface area (Å²) in [5.74, 6) is -2.24. The molecule has 1 aromatic carbocycles. The summed E-state index contributed by atoms with van der Waals surface area (Å²) < 4.78 is 31.6. The third kappa shape index (κ3) is 6.43. The Hall–Kier alpha value is -2.06. The number of likely N-dealkylation sites (tertiary alicyclic amines) is 1. The zero-order valence-electron chi connectivity index (χ0n) is 21.2. The SMILES string of the molecule is CCS[C@@H]1[C@@H]([C@@H](C)O)C(=O)N1C(C(=O)O)=C(Oc1ccc(S(=O)(=O)N(C)C)cc1)SC(=O)C(C)(C)C. The molecule has 0 aromatic heterocycles. The van der Waals surface area contributed by atoms with E-state index in [0.717, 1.165) is 9.21 Å². The van der Waals surface area contributed by atoms with Gasteiger partial charge in [-0.1, -0.05) is 27.7 Å². The van der Waals surface area contributed by atoms with Crippen LogP contribution in [0.1, 0.15) is 34.6 Å². The first kappa shape index (κ1) is 30.2. The molecule has 13 heteroatoms. The molecule has 1 aromatic rings. The van der Waals surface area contributed by atoms with E-state index in [0.29, 0.717) is 17.5 Å². The van der Waals surface area contributed by atoms with Crippen LogP contribution in [0.3, 0.4) is 0 Å². The van der Waals surface area contributed by atoms with Crippen LogP contribution in [0.25, 0.3) is 0 Å². The summed E-state index contributed by atoms with van der Waals surface area (Å²) in [5, 5.41) is 18.8. The Kier molecular flexibility index (Phi) is 9.68. The molecule has 1 amide bonds. The van der Waals surface area contributed by atoms with Gasteiger partial charge in [-0.05, 0) is 48.7 Å². The van der Waals surface area contributed by atoms with Crippen LogP contribution < -0.4 is 4.74 Å². The molecule has 0 saturated carbocycles.